The summed E-state index contributed by atoms with van der Waals surface area (Å²) < 4.78 is 0. The minimum atomic E-state index is -0.0770. The highest BCUT2D eigenvalue weighted by atomic mass is 16.9. The molecule has 80 valence electrons. The zero-order valence-corrected chi connectivity index (χ0v) is 8.74. The number of hydrogen-bond acceptors (Lipinski definition) is 2. The summed E-state index contributed by atoms with van der Waals surface area (Å²) in [5.41, 5.74) is 0. The molecular formula is C11H19NO2. The number of rotatable bonds is 2. The monoisotopic (exact) mass is 197 g/mol. The summed E-state index contributed by atoms with van der Waals surface area (Å²) in [6.45, 7) is 0. The number of nitrogens with one attached hydrogen (secondary N) is 1. The summed E-state index contributed by atoms with van der Waals surface area (Å²) in [4.78, 5) is 5.50. The van der Waals surface area contributed by atoms with Crippen LogP contribution in [0.2, 0.25) is 0 Å². The number of hydroxylamine groups is 2. The van der Waals surface area contributed by atoms with Crippen LogP contribution in [0.1, 0.15) is 32.1 Å². The molecule has 3 nitrogen and oxygen atoms in total. The van der Waals surface area contributed by atoms with E-state index in [1.807, 2.05) is 0 Å². The Balaban J connectivity index is 1.77. The molecule has 0 amide bonds. The molecule has 0 aromatic heterocycles. The van der Waals surface area contributed by atoms with Crippen LogP contribution >= 0.6 is 0 Å². The van der Waals surface area contributed by atoms with Crippen molar-refractivity contribution >= 4 is 0 Å². The van der Waals surface area contributed by atoms with Crippen LogP contribution in [0.3, 0.4) is 0 Å². The van der Waals surface area contributed by atoms with Crippen LogP contribution in [0.5, 0.6) is 0 Å². The molecule has 0 aromatic rings. The Morgan fingerprint density at radius 2 is 1.57 bits per heavy atom. The van der Waals surface area contributed by atoms with Crippen molar-refractivity contribution in [3.63, 3.8) is 0 Å². The quantitative estimate of drug-likeness (QED) is 0.663. The minimum absolute atomic E-state index is 0.0770. The van der Waals surface area contributed by atoms with Gasteiger partial charge in [0.1, 0.15) is 6.10 Å². The average molecular weight is 197 g/mol. The Hall–Kier alpha value is -0.120. The van der Waals surface area contributed by atoms with Crippen molar-refractivity contribution in [2.75, 3.05) is 7.05 Å². The molecule has 3 aliphatic rings. The molecule has 5 unspecified atom stereocenters. The molecule has 3 fully saturated rings. The highest BCUT2D eigenvalue weighted by molar-refractivity contribution is 5.04. The van der Waals surface area contributed by atoms with Gasteiger partial charge >= 0.3 is 0 Å². The van der Waals surface area contributed by atoms with Crippen molar-refractivity contribution in [2.24, 2.45) is 23.7 Å². The lowest BCUT2D eigenvalue weighted by molar-refractivity contribution is -1.04. The van der Waals surface area contributed by atoms with Crippen LogP contribution < -0.4 is 5.23 Å². The fraction of sp³-hybridized carbons (Fsp3) is 1.00. The van der Waals surface area contributed by atoms with E-state index in [2.05, 4.69) is 0 Å². The third-order valence-electron chi connectivity index (χ3n) is 4.70. The van der Waals surface area contributed by atoms with Crippen LogP contribution in [0.4, 0.5) is 0 Å². The molecule has 5 atom stereocenters. The maximum absolute atomic E-state index is 11.0. The van der Waals surface area contributed by atoms with Gasteiger partial charge in [-0.2, -0.15) is 0 Å². The average Bonchev–Trinajstić information content (AvgIpc) is 2.74. The molecule has 3 rings (SSSR count). The van der Waals surface area contributed by atoms with Gasteiger partial charge in [0.05, 0.1) is 7.05 Å². The predicted octanol–water partition coefficient (Wildman–Crippen LogP) is 0.755. The highest BCUT2D eigenvalue weighted by Crippen LogP contribution is 2.59. The van der Waals surface area contributed by atoms with Crippen molar-refractivity contribution in [3.8, 4) is 0 Å². The molecule has 0 spiro atoms. The largest absolute Gasteiger partial charge is 0.600 e. The van der Waals surface area contributed by atoms with E-state index < -0.39 is 0 Å². The lowest BCUT2D eigenvalue weighted by Crippen LogP contribution is -3.03. The molecule has 3 saturated carbocycles. The fourth-order valence-electron chi connectivity index (χ4n) is 4.39. The summed E-state index contributed by atoms with van der Waals surface area (Å²) >= 11 is 0. The fourth-order valence-corrected chi connectivity index (χ4v) is 4.39. The van der Waals surface area contributed by atoms with Gasteiger partial charge in [0.25, 0.3) is 0 Å². The van der Waals surface area contributed by atoms with Gasteiger partial charge in [-0.3, -0.25) is 0 Å². The first-order valence-corrected chi connectivity index (χ1v) is 5.94. The second-order valence-electron chi connectivity index (χ2n) is 5.24. The first-order valence-electron chi connectivity index (χ1n) is 5.94. The Kier molecular flexibility index (Phi) is 2.08. The van der Waals surface area contributed by atoms with Crippen LogP contribution in [0, 0.1) is 28.9 Å². The van der Waals surface area contributed by atoms with Crippen LogP contribution in [0.25, 0.3) is 0 Å². The molecule has 0 aliphatic heterocycles. The SMILES string of the molecule is C[NH+]([O-])OC1C2CCC1C1CCCC12. The molecular weight excluding hydrogens is 178 g/mol. The van der Waals surface area contributed by atoms with Crippen LogP contribution in [-0.2, 0) is 4.84 Å². The molecule has 2 bridgehead atoms. The summed E-state index contributed by atoms with van der Waals surface area (Å²) in [5.74, 6) is 3.24. The van der Waals surface area contributed by atoms with Crippen molar-refractivity contribution in [3.05, 3.63) is 5.21 Å². The maximum Gasteiger partial charge on any atom is 0.123 e. The summed E-state index contributed by atoms with van der Waals surface area (Å²) in [6.07, 6.45) is 7.11. The normalized spacial score (nSPS) is 52.3. The first kappa shape index (κ1) is 9.13. The van der Waals surface area contributed by atoms with Crippen molar-refractivity contribution in [2.45, 2.75) is 38.2 Å². The van der Waals surface area contributed by atoms with Gasteiger partial charge in [-0.1, -0.05) is 6.42 Å². The first-order chi connectivity index (χ1) is 6.77. The van der Waals surface area contributed by atoms with Gasteiger partial charge in [0.15, 0.2) is 0 Å². The topological polar surface area (TPSA) is 36.7 Å². The lowest BCUT2D eigenvalue weighted by Gasteiger charge is -2.23. The van der Waals surface area contributed by atoms with E-state index in [4.69, 9.17) is 4.84 Å². The Labute approximate surface area is 84.9 Å². The van der Waals surface area contributed by atoms with Crippen molar-refractivity contribution in [1.29, 1.82) is 0 Å². The molecule has 3 aliphatic carbocycles. The van der Waals surface area contributed by atoms with E-state index >= 15 is 0 Å². The van der Waals surface area contributed by atoms with Gasteiger partial charge in [0, 0.05) is 0 Å². The second kappa shape index (κ2) is 3.19. The molecule has 0 heterocycles. The lowest BCUT2D eigenvalue weighted by atomic mass is 9.82. The smallest absolute Gasteiger partial charge is 0.123 e. The maximum atomic E-state index is 11.0. The van der Waals surface area contributed by atoms with Gasteiger partial charge < -0.3 is 5.21 Å². The summed E-state index contributed by atoms with van der Waals surface area (Å²) in [5, 5.41) is 10.9. The van der Waals surface area contributed by atoms with Gasteiger partial charge in [0.2, 0.25) is 0 Å². The zero-order valence-electron chi connectivity index (χ0n) is 8.74. The van der Waals surface area contributed by atoms with Crippen molar-refractivity contribution < 1.29 is 10.1 Å². The molecule has 1 N–H and O–H groups in total. The van der Waals surface area contributed by atoms with E-state index in [-0.39, 0.29) is 5.23 Å². The van der Waals surface area contributed by atoms with E-state index in [0.29, 0.717) is 6.10 Å². The highest BCUT2D eigenvalue weighted by Gasteiger charge is 2.57. The Bertz CT molecular complexity index is 213. The third-order valence-corrected chi connectivity index (χ3v) is 4.70. The number of quaternary nitrogens is 1. The zero-order chi connectivity index (χ0) is 9.71. The minimum Gasteiger partial charge on any atom is -0.600 e. The third kappa shape index (κ3) is 1.16. The Morgan fingerprint density at radius 3 is 2.07 bits per heavy atom. The second-order valence-corrected chi connectivity index (χ2v) is 5.24. The predicted molar refractivity (Wildman–Crippen MR) is 52.2 cm³/mol. The van der Waals surface area contributed by atoms with E-state index in [1.54, 1.807) is 7.05 Å². The van der Waals surface area contributed by atoms with Gasteiger partial charge in [-0.25, -0.2) is 10.1 Å². The van der Waals surface area contributed by atoms with E-state index in [1.165, 1.54) is 32.1 Å². The molecule has 0 radical (unpaired) electrons. The van der Waals surface area contributed by atoms with E-state index in [9.17, 15) is 5.21 Å². The van der Waals surface area contributed by atoms with E-state index in [0.717, 1.165) is 23.7 Å². The van der Waals surface area contributed by atoms with Gasteiger partial charge in [-0.15, -0.1) is 0 Å². The number of hydrogen-bond donors (Lipinski definition) is 1. The summed E-state index contributed by atoms with van der Waals surface area (Å²) in [7, 11) is 1.55. The van der Waals surface area contributed by atoms with Crippen LogP contribution in [-0.4, -0.2) is 13.2 Å². The summed E-state index contributed by atoms with van der Waals surface area (Å²) in [6, 6.07) is 0. The standard InChI is InChI=1S/C11H19NO2/c1-12(13)14-11-9-5-6-10(11)8-4-2-3-7(8)9/h7-12H,2-6H2,1H3. The molecule has 3 heteroatoms. The van der Waals surface area contributed by atoms with Crippen molar-refractivity contribution in [1.82, 2.24) is 0 Å². The van der Waals surface area contributed by atoms with Gasteiger partial charge in [-0.05, 0) is 49.4 Å². The number of fused-ring (bicyclic) bond motifs is 5. The van der Waals surface area contributed by atoms with Crippen LogP contribution in [0.15, 0.2) is 0 Å². The Morgan fingerprint density at radius 1 is 1.00 bits per heavy atom. The molecule has 0 saturated heterocycles. The molecule has 0 aromatic carbocycles. The molecule has 14 heavy (non-hydrogen) atoms.